The lowest BCUT2D eigenvalue weighted by atomic mass is 9.54. The molecule has 5 fully saturated rings. The fourth-order valence-electron chi connectivity index (χ4n) is 15.7. The second-order valence-corrected chi connectivity index (χ2v) is 30.9. The second kappa shape index (κ2) is 31.1. The van der Waals surface area contributed by atoms with Crippen LogP contribution in [0.5, 0.6) is 46.0 Å². The second-order valence-electron chi connectivity index (χ2n) is 30.1. The number of halogens is 2. The summed E-state index contributed by atoms with van der Waals surface area (Å²) in [6, 6.07) is -0.484. The Labute approximate surface area is 627 Å². The number of rotatable bonds is 12. The highest BCUT2D eigenvalue weighted by atomic mass is 35.5. The van der Waals surface area contributed by atoms with E-state index in [0.29, 0.717) is 11.8 Å². The standard InChI is InChI=1S/C74H85Cl2N9O23/c1-28(2)13-43(85(6)73(103)108-74(3,4)5)66(97)83-57-59(91)32-8-11-46(40(75)20-32)104-48-22-36-23-49(64(48)107-72-63(95)62(94)61(93)50(27-86)106-72)105-47-12-9-33(21-41(47)76)60(92)58-71(102)82-56(69(100)79-53-34-15-29-14-30(17-34)18-35(53)16-29)39-24-37(87)25-45(89)52(39)38-19-31(7-10-44(38)88)54(67(98)84-58)81-68(99)55(36)80-65(96)42(26-51(77)90)78-70(57)101/h7-12,19-25,28-30,34-35,42-43,50,53-63,72,86-89,91-95H,13-18,26-27H2,1-6H3,(H2,77,90)(H,78,101)(H,79,100)(H,80,96)(H,81,99)(H,82,102)(H,83,97)(H,84,98)/t29?,30?,34?,35?,42-,43+,50?,53?,54+,55+,56-,57+,58-,59+,60+,61?,62?,63?,72?/m0/s1. The zero-order chi connectivity index (χ0) is 78.0. The number of nitrogens with one attached hydrogen (secondary N) is 7. The minimum atomic E-state index is -2.34. The lowest BCUT2D eigenvalue weighted by Crippen LogP contribution is -2.60. The Morgan fingerprint density at radius 3 is 1.81 bits per heavy atom. The maximum Gasteiger partial charge on any atom is 0.410 e. The molecule has 34 heteroatoms. The number of likely N-dealkylation sites (N-methyl/N-ethyl adjacent to an activating group) is 1. The Morgan fingerprint density at radius 2 is 1.23 bits per heavy atom. The van der Waals surface area contributed by atoms with Gasteiger partial charge >= 0.3 is 6.09 Å². The Balaban J connectivity index is 1.04. The highest BCUT2D eigenvalue weighted by Crippen LogP contribution is 2.55. The van der Waals surface area contributed by atoms with Gasteiger partial charge in [-0.2, -0.15) is 0 Å². The number of primary amides is 1. The fourth-order valence-corrected chi connectivity index (χ4v) is 16.1. The van der Waals surface area contributed by atoms with Crippen molar-refractivity contribution in [1.29, 1.82) is 0 Å². The number of carbonyl (C=O) groups excluding carboxylic acids is 9. The first-order valence-corrected chi connectivity index (χ1v) is 36.0. The van der Waals surface area contributed by atoms with E-state index in [0.717, 1.165) is 97.7 Å². The lowest BCUT2D eigenvalue weighted by molar-refractivity contribution is -0.277. The number of phenolic OH excluding ortho intramolecular Hbond substituents is 3. The summed E-state index contributed by atoms with van der Waals surface area (Å²) in [4.78, 5) is 136. The van der Waals surface area contributed by atoms with Gasteiger partial charge in [-0.3, -0.25) is 43.3 Å². The third-order valence-electron chi connectivity index (χ3n) is 20.7. The molecule has 18 N–H and O–H groups in total. The molecule has 15 bridgehead atoms. The first kappa shape index (κ1) is 77.8. The minimum Gasteiger partial charge on any atom is -0.508 e. The lowest BCUT2D eigenvalue weighted by Gasteiger charge is -2.54. The van der Waals surface area contributed by atoms with Gasteiger partial charge in [0.15, 0.2) is 11.5 Å². The maximum atomic E-state index is 16.2. The van der Waals surface area contributed by atoms with Crippen molar-refractivity contribution >= 4 is 76.6 Å². The van der Waals surface area contributed by atoms with Crippen LogP contribution in [0.1, 0.15) is 138 Å². The van der Waals surface area contributed by atoms with E-state index < -0.39 is 207 Å². The van der Waals surface area contributed by atoms with Gasteiger partial charge in [0.1, 0.15) is 113 Å². The number of carbonyl (C=O) groups is 9. The van der Waals surface area contributed by atoms with E-state index in [1.807, 2.05) is 0 Å². The smallest absolute Gasteiger partial charge is 0.410 e. The monoisotopic (exact) mass is 1540 g/mol. The minimum absolute atomic E-state index is 0.0481. The number of nitrogens with zero attached hydrogens (tertiary/aromatic N) is 1. The molecule has 4 aliphatic carbocycles. The predicted molar refractivity (Wildman–Crippen MR) is 379 cm³/mol. The van der Waals surface area contributed by atoms with E-state index in [1.165, 1.54) is 25.2 Å². The van der Waals surface area contributed by atoms with Gasteiger partial charge in [-0.05, 0) is 171 Å². The number of ether oxygens (including phenoxy) is 5. The van der Waals surface area contributed by atoms with Gasteiger partial charge in [-0.15, -0.1) is 0 Å². The van der Waals surface area contributed by atoms with E-state index in [9.17, 15) is 60.3 Å². The average molecular weight is 1540 g/mol. The van der Waals surface area contributed by atoms with Crippen molar-refractivity contribution in [3.05, 3.63) is 117 Å². The summed E-state index contributed by atoms with van der Waals surface area (Å²) in [5.74, 6) is -13.8. The molecule has 10 aliphatic rings. The topological polar surface area (TPSA) is 495 Å². The molecule has 6 aliphatic heterocycles. The predicted octanol–water partition coefficient (Wildman–Crippen LogP) is 3.37. The zero-order valence-electron chi connectivity index (χ0n) is 59.2. The zero-order valence-corrected chi connectivity index (χ0v) is 60.7. The first-order valence-electron chi connectivity index (χ1n) is 35.2. The molecule has 5 aromatic rings. The molecule has 15 rings (SSSR count). The van der Waals surface area contributed by atoms with Crippen LogP contribution in [-0.4, -0.2) is 184 Å². The third-order valence-corrected chi connectivity index (χ3v) is 21.3. The summed E-state index contributed by atoms with van der Waals surface area (Å²) in [5, 5.41) is 122. The number of phenols is 3. The van der Waals surface area contributed by atoms with Gasteiger partial charge < -0.3 is 113 Å². The van der Waals surface area contributed by atoms with Crippen LogP contribution >= 0.6 is 23.2 Å². The van der Waals surface area contributed by atoms with Gasteiger partial charge in [0, 0.05) is 30.3 Å². The van der Waals surface area contributed by atoms with Gasteiger partial charge in [0.25, 0.3) is 0 Å². The molecule has 108 heavy (non-hydrogen) atoms. The van der Waals surface area contributed by atoms with Crippen LogP contribution in [0.3, 0.4) is 0 Å². The summed E-state index contributed by atoms with van der Waals surface area (Å²) >= 11 is 14.2. The van der Waals surface area contributed by atoms with Gasteiger partial charge in [-0.1, -0.05) is 55.2 Å². The van der Waals surface area contributed by atoms with Crippen LogP contribution in [0.4, 0.5) is 4.79 Å². The summed E-state index contributed by atoms with van der Waals surface area (Å²) in [6.45, 7) is 7.31. The molecule has 578 valence electrons. The number of aromatic hydroxyl groups is 3. The van der Waals surface area contributed by atoms with Crippen molar-refractivity contribution in [2.45, 2.75) is 176 Å². The van der Waals surface area contributed by atoms with E-state index in [1.54, 1.807) is 34.6 Å². The fraction of sp³-hybridized carbons (Fsp3) is 0.473. The van der Waals surface area contributed by atoms with E-state index >= 15 is 28.8 Å². The number of hydrogen-bond acceptors (Lipinski definition) is 23. The molecule has 0 radical (unpaired) electrons. The highest BCUT2D eigenvalue weighted by Gasteiger charge is 2.51. The molecule has 5 aromatic carbocycles. The number of fused-ring (bicyclic) bond motifs is 15. The third kappa shape index (κ3) is 16.2. The van der Waals surface area contributed by atoms with E-state index in [4.69, 9.17) is 52.6 Å². The van der Waals surface area contributed by atoms with E-state index in [-0.39, 0.29) is 75.1 Å². The summed E-state index contributed by atoms with van der Waals surface area (Å²) in [7, 11) is 1.27. The molecule has 6 heterocycles. The van der Waals surface area contributed by atoms with Crippen LogP contribution in [0, 0.1) is 29.6 Å². The van der Waals surface area contributed by atoms with Crippen molar-refractivity contribution < 1.29 is 113 Å². The van der Waals surface area contributed by atoms with Crippen molar-refractivity contribution in [2.75, 3.05) is 13.7 Å². The maximum absolute atomic E-state index is 16.2. The SMILES string of the molecule is CC(C)C[C@H](C(=O)N[C@H]1C(=O)N[C@@H](CC(N)=O)C(=O)N[C@H]2C(=O)N[C@H]3C(=O)N[C@H](C(=O)N[C@H](C(=O)NC4C5CC6CC(C5)CC4C6)c4cc(O)cc(O)c4-c4cc3ccc4O)[C@H](O)c3ccc(c(Cl)c3)Oc3cc2cc(c3OC2OC(CO)C(O)C(O)C2O)Oc2ccc(cc2Cl)[C@H]1O)N(C)C(=O)OC(C)(C)C. The number of benzene rings is 5. The molecule has 32 nitrogen and oxygen atoms in total. The number of amides is 9. The normalized spacial score (nSPS) is 29.1. The van der Waals surface area contributed by atoms with Crippen LogP contribution in [0.25, 0.3) is 11.1 Å². The molecule has 0 aromatic heterocycles. The van der Waals surface area contributed by atoms with Crippen molar-refractivity contribution in [3.63, 3.8) is 0 Å². The summed E-state index contributed by atoms with van der Waals surface area (Å²) in [6.07, 6.45) is -11.9. The Morgan fingerprint density at radius 1 is 0.648 bits per heavy atom. The van der Waals surface area contributed by atoms with Gasteiger partial charge in [-0.25, -0.2) is 4.79 Å². The number of aliphatic hydroxyl groups excluding tert-OH is 6. The van der Waals surface area contributed by atoms with Crippen LogP contribution in [0.15, 0.2) is 78.9 Å². The molecular weight excluding hydrogens is 1450 g/mol. The number of hydrogen-bond donors (Lipinski definition) is 17. The molecule has 14 atom stereocenters. The van der Waals surface area contributed by atoms with Crippen LogP contribution < -0.4 is 57.2 Å². The van der Waals surface area contributed by atoms with Crippen LogP contribution in [0.2, 0.25) is 10.0 Å². The number of aliphatic hydroxyl groups is 6. The average Bonchev–Trinajstić information content (AvgIpc) is 0.761. The summed E-state index contributed by atoms with van der Waals surface area (Å²) < 4.78 is 30.8. The highest BCUT2D eigenvalue weighted by molar-refractivity contribution is 6.32. The van der Waals surface area contributed by atoms with Crippen molar-refractivity contribution in [2.24, 2.45) is 35.3 Å². The Kier molecular flexibility index (Phi) is 22.4. The first-order chi connectivity index (χ1) is 51.0. The van der Waals surface area contributed by atoms with Crippen molar-refractivity contribution in [1.82, 2.24) is 42.1 Å². The van der Waals surface area contributed by atoms with Crippen LogP contribution in [-0.2, 0) is 47.8 Å². The van der Waals surface area contributed by atoms with Gasteiger partial charge in [0.2, 0.25) is 59.3 Å². The molecule has 0 spiro atoms. The Hall–Kier alpha value is -9.77. The Bertz CT molecular complexity index is 4380. The quantitative estimate of drug-likeness (QED) is 0.0851. The molecule has 4 saturated carbocycles. The number of nitrogens with two attached hydrogens (primary N) is 1. The molecule has 9 amide bonds. The molecule has 1 saturated heterocycles. The van der Waals surface area contributed by atoms with Gasteiger partial charge in [0.05, 0.1) is 23.1 Å². The van der Waals surface area contributed by atoms with Crippen molar-refractivity contribution in [3.8, 4) is 57.1 Å². The molecular formula is C74H85Cl2N9O23. The van der Waals surface area contributed by atoms with E-state index in [2.05, 4.69) is 37.2 Å². The molecule has 5 unspecified atom stereocenters. The largest absolute Gasteiger partial charge is 0.508 e. The summed E-state index contributed by atoms with van der Waals surface area (Å²) in [5.41, 5.74) is 2.55.